The van der Waals surface area contributed by atoms with E-state index in [0.717, 1.165) is 32.5 Å². The minimum Gasteiger partial charge on any atom is -0.493 e. The largest absolute Gasteiger partial charge is 0.493 e. The number of nitrogens with one attached hydrogen (secondary N) is 1. The number of aromatic amines is 1. The number of H-pyrrole nitrogens is 1. The third-order valence-electron chi connectivity index (χ3n) is 4.12. The number of halogens is 1. The number of benzene rings is 3. The van der Waals surface area contributed by atoms with Crippen LogP contribution in [0.5, 0.6) is 11.5 Å². The Morgan fingerprint density at radius 1 is 1.00 bits per heavy atom. The third-order valence-corrected chi connectivity index (χ3v) is 4.71. The molecule has 4 aromatic rings. The van der Waals surface area contributed by atoms with E-state index in [0.29, 0.717) is 18.1 Å². The van der Waals surface area contributed by atoms with Gasteiger partial charge in [0.25, 0.3) is 0 Å². The molecule has 0 radical (unpaired) electrons. The van der Waals surface area contributed by atoms with Crippen LogP contribution in [0, 0.1) is 0 Å². The van der Waals surface area contributed by atoms with Crippen LogP contribution in [0.4, 0.5) is 0 Å². The van der Waals surface area contributed by atoms with Crippen LogP contribution in [0.1, 0.15) is 5.56 Å². The Morgan fingerprint density at radius 2 is 1.77 bits per heavy atom. The Morgan fingerprint density at radius 3 is 2.54 bits per heavy atom. The molecule has 5 heteroatoms. The Hall–Kier alpha value is -2.79. The van der Waals surface area contributed by atoms with Crippen LogP contribution in [0.15, 0.2) is 71.2 Å². The first-order valence-electron chi connectivity index (χ1n) is 8.24. The normalized spacial score (nSPS) is 10.8. The van der Waals surface area contributed by atoms with Crippen molar-refractivity contribution in [2.75, 3.05) is 7.11 Å². The average Bonchev–Trinajstić information content (AvgIpc) is 3.11. The van der Waals surface area contributed by atoms with Crippen LogP contribution in [0.2, 0.25) is 0 Å². The van der Waals surface area contributed by atoms with E-state index < -0.39 is 0 Å². The second-order valence-corrected chi connectivity index (χ2v) is 6.72. The molecule has 1 N–H and O–H groups in total. The molecule has 3 aromatic carbocycles. The molecule has 1 heterocycles. The number of hydrogen-bond donors (Lipinski definition) is 1. The van der Waals surface area contributed by atoms with Crippen molar-refractivity contribution in [3.63, 3.8) is 0 Å². The maximum atomic E-state index is 5.99. The van der Waals surface area contributed by atoms with Gasteiger partial charge in [0, 0.05) is 5.56 Å². The number of aromatic nitrogens is 2. The minimum atomic E-state index is 0.472. The molecule has 0 atom stereocenters. The first kappa shape index (κ1) is 16.7. The summed E-state index contributed by atoms with van der Waals surface area (Å²) in [6.07, 6.45) is 0. The molecule has 0 saturated heterocycles. The predicted molar refractivity (Wildman–Crippen MR) is 107 cm³/mol. The summed E-state index contributed by atoms with van der Waals surface area (Å²) in [6.45, 7) is 0.472. The standard InChI is InChI=1S/C21H17BrN2O2/c1-25-19-12-15(21-23-17-9-5-6-10-18(17)24-21)11-16(22)20(19)26-13-14-7-3-2-4-8-14/h2-12H,13H2,1H3,(H,23,24). The molecule has 4 nitrogen and oxygen atoms in total. The molecule has 130 valence electrons. The highest BCUT2D eigenvalue weighted by molar-refractivity contribution is 9.10. The van der Waals surface area contributed by atoms with Gasteiger partial charge >= 0.3 is 0 Å². The zero-order valence-corrected chi connectivity index (χ0v) is 15.8. The highest BCUT2D eigenvalue weighted by Gasteiger charge is 2.15. The van der Waals surface area contributed by atoms with Crippen molar-refractivity contribution in [1.29, 1.82) is 0 Å². The van der Waals surface area contributed by atoms with Crippen LogP contribution < -0.4 is 9.47 Å². The number of rotatable bonds is 5. The lowest BCUT2D eigenvalue weighted by Gasteiger charge is -2.14. The lowest BCUT2D eigenvalue weighted by Crippen LogP contribution is -1.99. The van der Waals surface area contributed by atoms with Gasteiger partial charge in [-0.2, -0.15) is 0 Å². The van der Waals surface area contributed by atoms with Crippen molar-refractivity contribution in [2.45, 2.75) is 6.61 Å². The van der Waals surface area contributed by atoms with Crippen LogP contribution in [-0.2, 0) is 6.61 Å². The molecule has 0 amide bonds. The van der Waals surface area contributed by atoms with Crippen molar-refractivity contribution < 1.29 is 9.47 Å². The van der Waals surface area contributed by atoms with E-state index in [2.05, 4.69) is 25.9 Å². The van der Waals surface area contributed by atoms with Gasteiger partial charge in [0.2, 0.25) is 0 Å². The fourth-order valence-electron chi connectivity index (χ4n) is 2.82. The summed E-state index contributed by atoms with van der Waals surface area (Å²) in [5.41, 5.74) is 3.96. The zero-order chi connectivity index (χ0) is 17.9. The van der Waals surface area contributed by atoms with Crippen molar-refractivity contribution in [3.8, 4) is 22.9 Å². The van der Waals surface area contributed by atoms with Crippen LogP contribution in [-0.4, -0.2) is 17.1 Å². The lowest BCUT2D eigenvalue weighted by atomic mass is 10.2. The Kier molecular flexibility index (Phi) is 4.63. The molecular weight excluding hydrogens is 392 g/mol. The summed E-state index contributed by atoms with van der Waals surface area (Å²) in [6, 6.07) is 21.9. The van der Waals surface area contributed by atoms with Gasteiger partial charge < -0.3 is 14.5 Å². The Labute approximate surface area is 159 Å². The Bertz CT molecular complexity index is 1010. The zero-order valence-electron chi connectivity index (χ0n) is 14.2. The van der Waals surface area contributed by atoms with Crippen molar-refractivity contribution in [1.82, 2.24) is 9.97 Å². The SMILES string of the molecule is COc1cc(-c2nc3ccccc3[nH]2)cc(Br)c1OCc1ccccc1. The number of para-hydroxylation sites is 2. The summed E-state index contributed by atoms with van der Waals surface area (Å²) >= 11 is 3.61. The van der Waals surface area contributed by atoms with Crippen LogP contribution >= 0.6 is 15.9 Å². The summed E-state index contributed by atoms with van der Waals surface area (Å²) in [5, 5.41) is 0. The lowest BCUT2D eigenvalue weighted by molar-refractivity contribution is 0.282. The van der Waals surface area contributed by atoms with Gasteiger partial charge in [-0.15, -0.1) is 0 Å². The van der Waals surface area contributed by atoms with Gasteiger partial charge in [-0.05, 0) is 45.8 Å². The number of hydrogen-bond acceptors (Lipinski definition) is 3. The molecule has 0 aliphatic heterocycles. The molecule has 0 saturated carbocycles. The molecule has 1 aromatic heterocycles. The monoisotopic (exact) mass is 408 g/mol. The quantitative estimate of drug-likeness (QED) is 0.468. The smallest absolute Gasteiger partial charge is 0.175 e. The van der Waals surface area contributed by atoms with E-state index in [9.17, 15) is 0 Å². The summed E-state index contributed by atoms with van der Waals surface area (Å²) in [4.78, 5) is 7.99. The fraction of sp³-hybridized carbons (Fsp3) is 0.0952. The first-order chi connectivity index (χ1) is 12.7. The highest BCUT2D eigenvalue weighted by Crippen LogP contribution is 2.39. The Balaban J connectivity index is 1.67. The van der Waals surface area contributed by atoms with Crippen molar-refractivity contribution in [3.05, 3.63) is 76.8 Å². The molecule has 26 heavy (non-hydrogen) atoms. The molecule has 0 aliphatic carbocycles. The second kappa shape index (κ2) is 7.22. The van der Waals surface area contributed by atoms with E-state index in [-0.39, 0.29) is 0 Å². The molecular formula is C21H17BrN2O2. The third kappa shape index (κ3) is 3.30. The summed E-state index contributed by atoms with van der Waals surface area (Å²) < 4.78 is 12.4. The van der Waals surface area contributed by atoms with Gasteiger partial charge in [-0.25, -0.2) is 4.98 Å². The second-order valence-electron chi connectivity index (χ2n) is 5.87. The van der Waals surface area contributed by atoms with E-state index in [1.54, 1.807) is 7.11 Å². The van der Waals surface area contributed by atoms with Gasteiger partial charge in [-0.1, -0.05) is 42.5 Å². The van der Waals surface area contributed by atoms with Gasteiger partial charge in [0.05, 0.1) is 22.6 Å². The van der Waals surface area contributed by atoms with Gasteiger partial charge in [0.15, 0.2) is 11.5 Å². The maximum absolute atomic E-state index is 5.99. The fourth-order valence-corrected chi connectivity index (χ4v) is 3.37. The van der Waals surface area contributed by atoms with Gasteiger partial charge in [-0.3, -0.25) is 0 Å². The minimum absolute atomic E-state index is 0.472. The molecule has 4 rings (SSSR count). The van der Waals surface area contributed by atoms with Crippen LogP contribution in [0.3, 0.4) is 0 Å². The average molecular weight is 409 g/mol. The van der Waals surface area contributed by atoms with Crippen LogP contribution in [0.25, 0.3) is 22.4 Å². The number of methoxy groups -OCH3 is 1. The molecule has 0 spiro atoms. The van der Waals surface area contributed by atoms with E-state index in [4.69, 9.17) is 9.47 Å². The highest BCUT2D eigenvalue weighted by atomic mass is 79.9. The van der Waals surface area contributed by atoms with E-state index in [1.807, 2.05) is 66.7 Å². The number of imidazole rings is 1. The topological polar surface area (TPSA) is 47.1 Å². The number of fused-ring (bicyclic) bond motifs is 1. The molecule has 0 unspecified atom stereocenters. The molecule has 0 bridgehead atoms. The maximum Gasteiger partial charge on any atom is 0.175 e. The molecule has 0 aliphatic rings. The predicted octanol–water partition coefficient (Wildman–Crippen LogP) is 5.58. The van der Waals surface area contributed by atoms with E-state index in [1.165, 1.54) is 0 Å². The summed E-state index contributed by atoms with van der Waals surface area (Å²) in [5.74, 6) is 2.13. The van der Waals surface area contributed by atoms with Gasteiger partial charge in [0.1, 0.15) is 12.4 Å². The summed E-state index contributed by atoms with van der Waals surface area (Å²) in [7, 11) is 1.64. The molecule has 0 fully saturated rings. The van der Waals surface area contributed by atoms with Crippen molar-refractivity contribution >= 4 is 27.0 Å². The first-order valence-corrected chi connectivity index (χ1v) is 9.03. The number of nitrogens with zero attached hydrogens (tertiary/aromatic N) is 1. The number of ether oxygens (including phenoxy) is 2. The van der Waals surface area contributed by atoms with Crippen molar-refractivity contribution in [2.24, 2.45) is 0 Å². The van der Waals surface area contributed by atoms with E-state index >= 15 is 0 Å².